The summed E-state index contributed by atoms with van der Waals surface area (Å²) in [6.45, 7) is 1.92. The molecule has 1 atom stereocenters. The summed E-state index contributed by atoms with van der Waals surface area (Å²) in [7, 11) is -3.61. The molecule has 0 fully saturated rings. The molecule has 0 aliphatic heterocycles. The maximum Gasteiger partial charge on any atom is 0.339 e. The molecule has 0 spiro atoms. The van der Waals surface area contributed by atoms with E-state index < -0.39 is 28.0 Å². The molecule has 0 aliphatic rings. The van der Waals surface area contributed by atoms with Gasteiger partial charge in [0.25, 0.3) is 5.91 Å². The van der Waals surface area contributed by atoms with Crippen molar-refractivity contribution < 1.29 is 22.7 Å². The number of ether oxygens (including phenoxy) is 1. The van der Waals surface area contributed by atoms with Gasteiger partial charge in [-0.1, -0.05) is 37.3 Å². The van der Waals surface area contributed by atoms with E-state index in [0.29, 0.717) is 5.56 Å². The molecule has 0 heterocycles. The standard InChI is InChI=1S/C17H18N2O5S/c1-2-19-25(22,23)14-10-8-13(9-11-14)17(21)24-15(16(18)20)12-6-4-3-5-7-12/h3-11,15,19H,2H2,1H3,(H2,18,20). The maximum atomic E-state index is 12.2. The summed E-state index contributed by atoms with van der Waals surface area (Å²) >= 11 is 0. The van der Waals surface area contributed by atoms with Gasteiger partial charge in [-0.05, 0) is 24.3 Å². The van der Waals surface area contributed by atoms with E-state index in [2.05, 4.69) is 4.72 Å². The Morgan fingerprint density at radius 2 is 1.68 bits per heavy atom. The SMILES string of the molecule is CCNS(=O)(=O)c1ccc(C(=O)OC(C(N)=O)c2ccccc2)cc1. The zero-order valence-electron chi connectivity index (χ0n) is 13.5. The van der Waals surface area contributed by atoms with E-state index in [1.165, 1.54) is 24.3 Å². The molecule has 8 heteroatoms. The van der Waals surface area contributed by atoms with Crippen molar-refractivity contribution in [2.45, 2.75) is 17.9 Å². The van der Waals surface area contributed by atoms with Crippen LogP contribution in [0.4, 0.5) is 0 Å². The molecule has 0 aliphatic carbocycles. The number of nitrogens with two attached hydrogens (primary N) is 1. The number of hydrogen-bond donors (Lipinski definition) is 2. The third-order valence-electron chi connectivity index (χ3n) is 3.32. The molecule has 2 aromatic rings. The van der Waals surface area contributed by atoms with Crippen LogP contribution in [0.25, 0.3) is 0 Å². The van der Waals surface area contributed by atoms with E-state index in [4.69, 9.17) is 10.5 Å². The lowest BCUT2D eigenvalue weighted by molar-refractivity contribution is -0.127. The molecule has 132 valence electrons. The summed E-state index contributed by atoms with van der Waals surface area (Å²) < 4.78 is 31.3. The molecule has 7 nitrogen and oxygen atoms in total. The Kier molecular flexibility index (Phi) is 5.89. The predicted molar refractivity (Wildman–Crippen MR) is 91.1 cm³/mol. The number of benzene rings is 2. The molecule has 2 rings (SSSR count). The zero-order chi connectivity index (χ0) is 18.4. The first-order chi connectivity index (χ1) is 11.8. The largest absolute Gasteiger partial charge is 0.444 e. The van der Waals surface area contributed by atoms with Crippen molar-refractivity contribution in [2.24, 2.45) is 5.73 Å². The molecule has 1 amide bonds. The van der Waals surface area contributed by atoms with E-state index in [1.807, 2.05) is 0 Å². The van der Waals surface area contributed by atoms with Crippen molar-refractivity contribution in [1.82, 2.24) is 4.72 Å². The van der Waals surface area contributed by atoms with Gasteiger partial charge in [0.05, 0.1) is 10.5 Å². The molecule has 0 saturated heterocycles. The third kappa shape index (κ3) is 4.65. The quantitative estimate of drug-likeness (QED) is 0.722. The van der Waals surface area contributed by atoms with Crippen LogP contribution in [0.1, 0.15) is 28.9 Å². The number of carbonyl (C=O) groups is 2. The lowest BCUT2D eigenvalue weighted by Crippen LogP contribution is -2.26. The normalized spacial score (nSPS) is 12.4. The number of carbonyl (C=O) groups excluding carboxylic acids is 2. The molecule has 1 unspecified atom stereocenters. The summed E-state index contributed by atoms with van der Waals surface area (Å²) in [5.74, 6) is -1.58. The molecule has 0 aromatic heterocycles. The van der Waals surface area contributed by atoms with Gasteiger partial charge in [-0.2, -0.15) is 0 Å². The van der Waals surface area contributed by atoms with Crippen molar-refractivity contribution >= 4 is 21.9 Å². The number of nitrogens with one attached hydrogen (secondary N) is 1. The van der Waals surface area contributed by atoms with Gasteiger partial charge in [-0.25, -0.2) is 17.9 Å². The van der Waals surface area contributed by atoms with Crippen LogP contribution in [0, 0.1) is 0 Å². The Morgan fingerprint density at radius 3 is 2.20 bits per heavy atom. The highest BCUT2D eigenvalue weighted by Crippen LogP contribution is 2.19. The number of esters is 1. The van der Waals surface area contributed by atoms with Crippen LogP contribution in [-0.2, 0) is 19.6 Å². The van der Waals surface area contributed by atoms with Gasteiger partial charge in [0.1, 0.15) is 0 Å². The molecule has 0 radical (unpaired) electrons. The third-order valence-corrected chi connectivity index (χ3v) is 4.88. The molecule has 0 saturated carbocycles. The van der Waals surface area contributed by atoms with E-state index in [-0.39, 0.29) is 17.0 Å². The second-order valence-corrected chi connectivity index (χ2v) is 6.89. The molecule has 3 N–H and O–H groups in total. The summed E-state index contributed by atoms with van der Waals surface area (Å²) in [5.41, 5.74) is 5.87. The fourth-order valence-corrected chi connectivity index (χ4v) is 3.18. The van der Waals surface area contributed by atoms with E-state index in [1.54, 1.807) is 37.3 Å². The van der Waals surface area contributed by atoms with Gasteiger partial charge in [0.2, 0.25) is 16.1 Å². The van der Waals surface area contributed by atoms with Gasteiger partial charge in [-0.15, -0.1) is 0 Å². The Morgan fingerprint density at radius 1 is 1.08 bits per heavy atom. The van der Waals surface area contributed by atoms with E-state index >= 15 is 0 Å². The Hall–Kier alpha value is -2.71. The van der Waals surface area contributed by atoms with Crippen LogP contribution >= 0.6 is 0 Å². The summed E-state index contributed by atoms with van der Waals surface area (Å²) in [6, 6.07) is 13.6. The first kappa shape index (κ1) is 18.6. The van der Waals surface area contributed by atoms with Crippen LogP contribution < -0.4 is 10.5 Å². The van der Waals surface area contributed by atoms with Crippen LogP contribution in [0.5, 0.6) is 0 Å². The second kappa shape index (κ2) is 7.91. The van der Waals surface area contributed by atoms with Gasteiger partial charge >= 0.3 is 5.97 Å². The minimum Gasteiger partial charge on any atom is -0.444 e. The number of amides is 1. The van der Waals surface area contributed by atoms with Gasteiger partial charge in [0, 0.05) is 12.1 Å². The first-order valence-electron chi connectivity index (χ1n) is 7.50. The monoisotopic (exact) mass is 362 g/mol. The smallest absolute Gasteiger partial charge is 0.339 e. The molecule has 2 aromatic carbocycles. The first-order valence-corrected chi connectivity index (χ1v) is 8.98. The van der Waals surface area contributed by atoms with Gasteiger partial charge in [-0.3, -0.25) is 4.79 Å². The number of sulfonamides is 1. The van der Waals surface area contributed by atoms with Crippen molar-refractivity contribution in [2.75, 3.05) is 6.54 Å². The maximum absolute atomic E-state index is 12.2. The Balaban J connectivity index is 2.19. The van der Waals surface area contributed by atoms with E-state index in [0.717, 1.165) is 0 Å². The Bertz CT molecular complexity index is 848. The predicted octanol–water partition coefficient (Wildman–Crippen LogP) is 1.37. The van der Waals surface area contributed by atoms with Crippen molar-refractivity contribution in [1.29, 1.82) is 0 Å². The van der Waals surface area contributed by atoms with Crippen LogP contribution in [-0.4, -0.2) is 26.8 Å². The highest BCUT2D eigenvalue weighted by atomic mass is 32.2. The van der Waals surface area contributed by atoms with Crippen LogP contribution in [0.3, 0.4) is 0 Å². The average Bonchev–Trinajstić information content (AvgIpc) is 2.60. The van der Waals surface area contributed by atoms with Crippen molar-refractivity contribution in [3.63, 3.8) is 0 Å². The fourth-order valence-electron chi connectivity index (χ4n) is 2.14. The number of rotatable bonds is 7. The van der Waals surface area contributed by atoms with Gasteiger partial charge in [0.15, 0.2) is 0 Å². The second-order valence-electron chi connectivity index (χ2n) is 5.12. The molecular formula is C17H18N2O5S. The van der Waals surface area contributed by atoms with Crippen LogP contribution in [0.2, 0.25) is 0 Å². The van der Waals surface area contributed by atoms with E-state index in [9.17, 15) is 18.0 Å². The lowest BCUT2D eigenvalue weighted by Gasteiger charge is -2.15. The topological polar surface area (TPSA) is 116 Å². The minimum absolute atomic E-state index is 0.0282. The van der Waals surface area contributed by atoms with Crippen molar-refractivity contribution in [3.05, 3.63) is 65.7 Å². The highest BCUT2D eigenvalue weighted by molar-refractivity contribution is 7.89. The average molecular weight is 362 g/mol. The summed E-state index contributed by atoms with van der Waals surface area (Å²) in [4.78, 5) is 23.8. The number of primary amides is 1. The number of hydrogen-bond acceptors (Lipinski definition) is 5. The highest BCUT2D eigenvalue weighted by Gasteiger charge is 2.23. The summed E-state index contributed by atoms with van der Waals surface area (Å²) in [6.07, 6.45) is -1.22. The molecular weight excluding hydrogens is 344 g/mol. The zero-order valence-corrected chi connectivity index (χ0v) is 14.3. The van der Waals surface area contributed by atoms with Gasteiger partial charge < -0.3 is 10.5 Å². The molecule has 25 heavy (non-hydrogen) atoms. The van der Waals surface area contributed by atoms with Crippen molar-refractivity contribution in [3.8, 4) is 0 Å². The Labute approximate surface area is 145 Å². The fraction of sp³-hybridized carbons (Fsp3) is 0.176. The summed E-state index contributed by atoms with van der Waals surface area (Å²) in [5, 5.41) is 0. The van der Waals surface area contributed by atoms with Crippen LogP contribution in [0.15, 0.2) is 59.5 Å². The molecule has 0 bridgehead atoms. The lowest BCUT2D eigenvalue weighted by atomic mass is 10.1. The minimum atomic E-state index is -3.61.